The Kier molecular flexibility index (Phi) is 5.01. The first-order valence-electron chi connectivity index (χ1n) is 5.70. The molecule has 0 saturated heterocycles. The van der Waals surface area contributed by atoms with Gasteiger partial charge in [0.15, 0.2) is 0 Å². The van der Waals surface area contributed by atoms with E-state index >= 15 is 0 Å². The third-order valence-electron chi connectivity index (χ3n) is 2.49. The van der Waals surface area contributed by atoms with Gasteiger partial charge in [0, 0.05) is 23.0 Å². The average Bonchev–Trinajstić information content (AvgIpc) is 2.46. The fourth-order valence-corrected chi connectivity index (χ4v) is 2.77. The SMILES string of the molecule is COc1nccnc1C(N)CSc1ccccc1Cl. The van der Waals surface area contributed by atoms with Crippen LogP contribution in [0.15, 0.2) is 41.6 Å². The van der Waals surface area contributed by atoms with Crippen molar-refractivity contribution in [2.75, 3.05) is 12.9 Å². The van der Waals surface area contributed by atoms with E-state index in [0.29, 0.717) is 17.3 Å². The maximum Gasteiger partial charge on any atom is 0.237 e. The number of aromatic nitrogens is 2. The fourth-order valence-electron chi connectivity index (χ4n) is 1.57. The molecule has 0 fully saturated rings. The van der Waals surface area contributed by atoms with Gasteiger partial charge in [-0.25, -0.2) is 4.98 Å². The van der Waals surface area contributed by atoms with Gasteiger partial charge in [-0.2, -0.15) is 0 Å². The van der Waals surface area contributed by atoms with E-state index in [1.54, 1.807) is 31.3 Å². The largest absolute Gasteiger partial charge is 0.480 e. The second-order valence-electron chi connectivity index (χ2n) is 3.80. The Morgan fingerprint density at radius 3 is 2.79 bits per heavy atom. The zero-order valence-electron chi connectivity index (χ0n) is 10.4. The van der Waals surface area contributed by atoms with Crippen LogP contribution in [-0.2, 0) is 0 Å². The molecule has 1 atom stereocenters. The zero-order valence-corrected chi connectivity index (χ0v) is 12.0. The molecule has 2 aromatic rings. The number of ether oxygens (including phenoxy) is 1. The number of thioether (sulfide) groups is 1. The molecule has 2 rings (SSSR count). The fraction of sp³-hybridized carbons (Fsp3) is 0.231. The monoisotopic (exact) mass is 295 g/mol. The van der Waals surface area contributed by atoms with Crippen LogP contribution < -0.4 is 10.5 Å². The normalized spacial score (nSPS) is 12.2. The number of hydrogen-bond donors (Lipinski definition) is 1. The Morgan fingerprint density at radius 1 is 1.32 bits per heavy atom. The van der Waals surface area contributed by atoms with Crippen molar-refractivity contribution in [1.82, 2.24) is 9.97 Å². The van der Waals surface area contributed by atoms with Crippen LogP contribution in [0.5, 0.6) is 5.88 Å². The summed E-state index contributed by atoms with van der Waals surface area (Å²) in [7, 11) is 1.56. The standard InChI is InChI=1S/C13H14ClN3OS/c1-18-13-12(16-6-7-17-13)10(15)8-19-11-5-3-2-4-9(11)14/h2-7,10H,8,15H2,1H3. The molecule has 1 unspecified atom stereocenters. The van der Waals surface area contributed by atoms with Crippen molar-refractivity contribution >= 4 is 23.4 Å². The summed E-state index contributed by atoms with van der Waals surface area (Å²) in [6.07, 6.45) is 3.19. The van der Waals surface area contributed by atoms with Crippen molar-refractivity contribution in [3.05, 3.63) is 47.4 Å². The second kappa shape index (κ2) is 6.75. The van der Waals surface area contributed by atoms with Crippen LogP contribution >= 0.6 is 23.4 Å². The van der Waals surface area contributed by atoms with E-state index in [-0.39, 0.29) is 6.04 Å². The van der Waals surface area contributed by atoms with Crippen molar-refractivity contribution in [2.24, 2.45) is 5.73 Å². The van der Waals surface area contributed by atoms with E-state index in [4.69, 9.17) is 22.1 Å². The molecule has 1 heterocycles. The third kappa shape index (κ3) is 3.59. The van der Waals surface area contributed by atoms with Crippen LogP contribution in [0.25, 0.3) is 0 Å². The number of halogens is 1. The quantitative estimate of drug-likeness (QED) is 0.859. The van der Waals surface area contributed by atoms with Crippen LogP contribution in [0.1, 0.15) is 11.7 Å². The molecule has 0 aliphatic rings. The molecule has 6 heteroatoms. The number of rotatable bonds is 5. The molecule has 0 spiro atoms. The van der Waals surface area contributed by atoms with Gasteiger partial charge < -0.3 is 10.5 Å². The Bertz CT molecular complexity index is 553. The minimum atomic E-state index is -0.259. The van der Waals surface area contributed by atoms with Crippen molar-refractivity contribution in [2.45, 2.75) is 10.9 Å². The number of nitrogens with two attached hydrogens (primary N) is 1. The lowest BCUT2D eigenvalue weighted by Crippen LogP contribution is -2.16. The van der Waals surface area contributed by atoms with E-state index in [2.05, 4.69) is 9.97 Å². The summed E-state index contributed by atoms with van der Waals surface area (Å²) < 4.78 is 5.15. The summed E-state index contributed by atoms with van der Waals surface area (Å²) in [5.74, 6) is 1.12. The summed E-state index contributed by atoms with van der Waals surface area (Å²) in [6.45, 7) is 0. The van der Waals surface area contributed by atoms with Crippen molar-refractivity contribution in [3.8, 4) is 5.88 Å². The average molecular weight is 296 g/mol. The van der Waals surface area contributed by atoms with Gasteiger partial charge in [-0.15, -0.1) is 11.8 Å². The number of benzene rings is 1. The van der Waals surface area contributed by atoms with E-state index in [9.17, 15) is 0 Å². The van der Waals surface area contributed by atoms with E-state index in [0.717, 1.165) is 9.92 Å². The molecule has 1 aromatic heterocycles. The van der Waals surface area contributed by atoms with Crippen molar-refractivity contribution in [1.29, 1.82) is 0 Å². The molecule has 0 radical (unpaired) electrons. The van der Waals surface area contributed by atoms with E-state index < -0.39 is 0 Å². The molecule has 0 bridgehead atoms. The summed E-state index contributed by atoms with van der Waals surface area (Å²) in [4.78, 5) is 9.32. The summed E-state index contributed by atoms with van der Waals surface area (Å²) in [6, 6.07) is 7.41. The Balaban J connectivity index is 2.05. The van der Waals surface area contributed by atoms with E-state index in [1.807, 2.05) is 24.3 Å². The molecule has 0 aliphatic heterocycles. The Morgan fingerprint density at radius 2 is 2.05 bits per heavy atom. The van der Waals surface area contributed by atoms with Gasteiger partial charge in [0.25, 0.3) is 0 Å². The zero-order chi connectivity index (χ0) is 13.7. The molecule has 100 valence electrons. The number of methoxy groups -OCH3 is 1. The first-order valence-corrected chi connectivity index (χ1v) is 7.06. The predicted molar refractivity (Wildman–Crippen MR) is 77.7 cm³/mol. The van der Waals surface area contributed by atoms with Gasteiger partial charge in [0.2, 0.25) is 5.88 Å². The maximum atomic E-state index is 6.12. The molecule has 1 aromatic carbocycles. The van der Waals surface area contributed by atoms with Crippen LogP contribution in [0, 0.1) is 0 Å². The van der Waals surface area contributed by atoms with E-state index in [1.165, 1.54) is 0 Å². The first-order chi connectivity index (χ1) is 9.22. The lowest BCUT2D eigenvalue weighted by molar-refractivity contribution is 0.386. The highest BCUT2D eigenvalue weighted by Gasteiger charge is 2.15. The highest BCUT2D eigenvalue weighted by atomic mass is 35.5. The van der Waals surface area contributed by atoms with Crippen molar-refractivity contribution in [3.63, 3.8) is 0 Å². The Labute approximate surface area is 121 Å². The molecule has 0 aliphatic carbocycles. The van der Waals surface area contributed by atoms with Gasteiger partial charge in [-0.3, -0.25) is 4.98 Å². The predicted octanol–water partition coefficient (Wildman–Crippen LogP) is 2.93. The number of nitrogens with zero attached hydrogens (tertiary/aromatic N) is 2. The molecule has 0 saturated carbocycles. The first kappa shape index (κ1) is 14.1. The van der Waals surface area contributed by atoms with Gasteiger partial charge in [-0.1, -0.05) is 23.7 Å². The van der Waals surface area contributed by atoms with Gasteiger partial charge in [0.05, 0.1) is 18.2 Å². The topological polar surface area (TPSA) is 61.0 Å². The Hall–Kier alpha value is -1.30. The van der Waals surface area contributed by atoms with Crippen LogP contribution in [0.2, 0.25) is 5.02 Å². The molecular weight excluding hydrogens is 282 g/mol. The van der Waals surface area contributed by atoms with Gasteiger partial charge >= 0.3 is 0 Å². The van der Waals surface area contributed by atoms with Crippen LogP contribution in [0.3, 0.4) is 0 Å². The van der Waals surface area contributed by atoms with Gasteiger partial charge in [0.1, 0.15) is 5.69 Å². The molecule has 2 N–H and O–H groups in total. The molecule has 0 amide bonds. The summed E-state index contributed by atoms with van der Waals surface area (Å²) >= 11 is 7.69. The number of hydrogen-bond acceptors (Lipinski definition) is 5. The molecule has 19 heavy (non-hydrogen) atoms. The smallest absolute Gasteiger partial charge is 0.237 e. The minimum Gasteiger partial charge on any atom is -0.480 e. The molecule has 4 nitrogen and oxygen atoms in total. The van der Waals surface area contributed by atoms with Crippen LogP contribution in [-0.4, -0.2) is 22.8 Å². The highest BCUT2D eigenvalue weighted by molar-refractivity contribution is 7.99. The van der Waals surface area contributed by atoms with Crippen LogP contribution in [0.4, 0.5) is 0 Å². The highest BCUT2D eigenvalue weighted by Crippen LogP contribution is 2.30. The van der Waals surface area contributed by atoms with Crippen molar-refractivity contribution < 1.29 is 4.74 Å². The van der Waals surface area contributed by atoms with Gasteiger partial charge in [-0.05, 0) is 12.1 Å². The third-order valence-corrected chi connectivity index (χ3v) is 4.13. The minimum absolute atomic E-state index is 0.259. The lowest BCUT2D eigenvalue weighted by Gasteiger charge is -2.13. The maximum absolute atomic E-state index is 6.12. The molecular formula is C13H14ClN3OS. The summed E-state index contributed by atoms with van der Waals surface area (Å²) in [5, 5.41) is 0.728. The summed E-state index contributed by atoms with van der Waals surface area (Å²) in [5.41, 5.74) is 6.78. The second-order valence-corrected chi connectivity index (χ2v) is 5.27. The lowest BCUT2D eigenvalue weighted by atomic mass is 10.2.